The van der Waals surface area contributed by atoms with Crippen LogP contribution in [0.5, 0.6) is 0 Å². The lowest BCUT2D eigenvalue weighted by Gasteiger charge is -2.42. The minimum absolute atomic E-state index is 0.204. The number of piperidine rings is 1. The van der Waals surface area contributed by atoms with Crippen molar-refractivity contribution >= 4 is 40.8 Å². The SMILES string of the molecule is Cc1ccc(C2CCC(CNSc3cc(F)ccc3C)CN2c2ccc(Cl)cc2)c(Cl)c1. The molecule has 2 atom stereocenters. The summed E-state index contributed by atoms with van der Waals surface area (Å²) in [6, 6.07) is 19.5. The van der Waals surface area contributed by atoms with Crippen molar-refractivity contribution in [1.82, 2.24) is 4.72 Å². The largest absolute Gasteiger partial charge is 0.364 e. The van der Waals surface area contributed by atoms with E-state index in [0.717, 1.165) is 52.1 Å². The molecule has 0 bridgehead atoms. The van der Waals surface area contributed by atoms with E-state index in [1.165, 1.54) is 29.1 Å². The first-order valence-corrected chi connectivity index (χ1v) is 12.4. The number of halogens is 3. The van der Waals surface area contributed by atoms with Gasteiger partial charge in [-0.2, -0.15) is 0 Å². The number of hydrogen-bond acceptors (Lipinski definition) is 3. The second kappa shape index (κ2) is 10.5. The highest BCUT2D eigenvalue weighted by atomic mass is 35.5. The minimum Gasteiger partial charge on any atom is -0.364 e. The molecule has 0 amide bonds. The zero-order valence-corrected chi connectivity index (χ0v) is 20.6. The fraction of sp³-hybridized carbons (Fsp3) is 0.308. The molecule has 1 heterocycles. The molecule has 1 N–H and O–H groups in total. The van der Waals surface area contributed by atoms with Gasteiger partial charge in [0.15, 0.2) is 0 Å². The fourth-order valence-corrected chi connectivity index (χ4v) is 5.64. The lowest BCUT2D eigenvalue weighted by molar-refractivity contribution is 0.361. The maximum atomic E-state index is 13.6. The van der Waals surface area contributed by atoms with E-state index in [2.05, 4.69) is 40.8 Å². The first-order chi connectivity index (χ1) is 15.4. The molecule has 0 saturated carbocycles. The van der Waals surface area contributed by atoms with E-state index < -0.39 is 0 Å². The van der Waals surface area contributed by atoms with Gasteiger partial charge in [0.05, 0.1) is 6.04 Å². The lowest BCUT2D eigenvalue weighted by atomic mass is 9.88. The maximum Gasteiger partial charge on any atom is 0.124 e. The number of aryl methyl sites for hydroxylation is 2. The van der Waals surface area contributed by atoms with Crippen molar-refractivity contribution in [3.8, 4) is 0 Å². The topological polar surface area (TPSA) is 15.3 Å². The van der Waals surface area contributed by atoms with E-state index in [1.54, 1.807) is 6.07 Å². The predicted octanol–water partition coefficient (Wildman–Crippen LogP) is 8.00. The number of rotatable bonds is 6. The standard InChI is InChI=1S/C26H27Cl2FN2S/c1-17-3-11-23(24(28)13-17)25-12-5-19(16-31(25)22-9-6-20(27)7-10-22)15-30-32-26-14-21(29)8-4-18(26)2/h3-4,6-11,13-14,19,25,30H,5,12,15-16H2,1-2H3. The Morgan fingerprint density at radius 1 is 1.00 bits per heavy atom. The average Bonchev–Trinajstić information content (AvgIpc) is 2.77. The summed E-state index contributed by atoms with van der Waals surface area (Å²) in [4.78, 5) is 3.38. The number of nitrogens with one attached hydrogen (secondary N) is 1. The van der Waals surface area contributed by atoms with Gasteiger partial charge in [-0.05, 0) is 104 Å². The summed E-state index contributed by atoms with van der Waals surface area (Å²) in [5.74, 6) is 0.261. The number of benzene rings is 3. The van der Waals surface area contributed by atoms with Gasteiger partial charge in [-0.25, -0.2) is 4.39 Å². The summed E-state index contributed by atoms with van der Waals surface area (Å²) in [7, 11) is 0. The maximum absolute atomic E-state index is 13.6. The molecule has 1 saturated heterocycles. The molecule has 3 aromatic carbocycles. The van der Waals surface area contributed by atoms with Gasteiger partial charge in [0.25, 0.3) is 0 Å². The second-order valence-corrected chi connectivity index (χ2v) is 10.2. The minimum atomic E-state index is -0.204. The Bertz CT molecular complexity index is 1070. The van der Waals surface area contributed by atoms with Crippen LogP contribution >= 0.6 is 35.1 Å². The van der Waals surface area contributed by atoms with E-state index in [9.17, 15) is 4.39 Å². The zero-order chi connectivity index (χ0) is 22.7. The Balaban J connectivity index is 1.49. The Hall–Kier alpha value is -1.72. The molecule has 0 aliphatic carbocycles. The third-order valence-corrected chi connectivity index (χ3v) is 7.61. The van der Waals surface area contributed by atoms with Crippen molar-refractivity contribution in [3.05, 3.63) is 93.2 Å². The van der Waals surface area contributed by atoms with Crippen molar-refractivity contribution in [1.29, 1.82) is 0 Å². The summed E-state index contributed by atoms with van der Waals surface area (Å²) in [6.07, 6.45) is 2.11. The van der Waals surface area contributed by atoms with Crippen LogP contribution in [0.3, 0.4) is 0 Å². The van der Waals surface area contributed by atoms with E-state index in [4.69, 9.17) is 23.2 Å². The van der Waals surface area contributed by atoms with Crippen molar-refractivity contribution in [2.45, 2.75) is 37.6 Å². The normalized spacial score (nSPS) is 18.7. The van der Waals surface area contributed by atoms with Crippen molar-refractivity contribution in [2.75, 3.05) is 18.0 Å². The Morgan fingerprint density at radius 3 is 2.53 bits per heavy atom. The van der Waals surface area contributed by atoms with Crippen molar-refractivity contribution in [3.63, 3.8) is 0 Å². The predicted molar refractivity (Wildman–Crippen MR) is 135 cm³/mol. The highest BCUT2D eigenvalue weighted by Gasteiger charge is 2.30. The molecule has 1 fully saturated rings. The Labute approximate surface area is 204 Å². The monoisotopic (exact) mass is 488 g/mol. The third kappa shape index (κ3) is 5.60. The number of nitrogens with zero attached hydrogens (tertiary/aromatic N) is 1. The van der Waals surface area contributed by atoms with Crippen LogP contribution in [0.1, 0.15) is 35.6 Å². The first kappa shape index (κ1) is 23.4. The summed E-state index contributed by atoms with van der Waals surface area (Å²) in [5.41, 5.74) is 4.56. The van der Waals surface area contributed by atoms with Gasteiger partial charge in [0.2, 0.25) is 0 Å². The van der Waals surface area contributed by atoms with E-state index in [-0.39, 0.29) is 11.9 Å². The average molecular weight is 489 g/mol. The fourth-order valence-electron chi connectivity index (χ4n) is 4.28. The zero-order valence-electron chi connectivity index (χ0n) is 18.2. The molecule has 6 heteroatoms. The molecule has 0 aromatic heterocycles. The van der Waals surface area contributed by atoms with E-state index in [0.29, 0.717) is 5.92 Å². The van der Waals surface area contributed by atoms with Crippen molar-refractivity contribution in [2.24, 2.45) is 5.92 Å². The molecule has 1 aliphatic heterocycles. The van der Waals surface area contributed by atoms with Crippen LogP contribution in [-0.4, -0.2) is 13.1 Å². The van der Waals surface area contributed by atoms with Crippen LogP contribution in [0.15, 0.2) is 65.6 Å². The molecule has 3 aromatic rings. The van der Waals surface area contributed by atoms with Gasteiger partial charge < -0.3 is 4.90 Å². The Morgan fingerprint density at radius 2 is 1.78 bits per heavy atom. The van der Waals surface area contributed by atoms with Crippen LogP contribution in [0.2, 0.25) is 10.0 Å². The summed E-state index contributed by atoms with van der Waals surface area (Å²) in [5, 5.41) is 1.55. The number of anilines is 1. The second-order valence-electron chi connectivity index (χ2n) is 8.47. The molecule has 2 unspecified atom stereocenters. The third-order valence-electron chi connectivity index (χ3n) is 6.06. The van der Waals surface area contributed by atoms with Crippen LogP contribution in [0.25, 0.3) is 0 Å². The molecule has 0 spiro atoms. The van der Waals surface area contributed by atoms with Crippen LogP contribution in [-0.2, 0) is 0 Å². The summed E-state index contributed by atoms with van der Waals surface area (Å²) in [6.45, 7) is 5.82. The quantitative estimate of drug-likeness (QED) is 0.353. The van der Waals surface area contributed by atoms with Crippen LogP contribution < -0.4 is 9.62 Å². The van der Waals surface area contributed by atoms with Gasteiger partial charge in [0, 0.05) is 33.7 Å². The molecule has 0 radical (unpaired) electrons. The Kier molecular flexibility index (Phi) is 7.67. The molecule has 32 heavy (non-hydrogen) atoms. The van der Waals surface area contributed by atoms with Crippen LogP contribution in [0, 0.1) is 25.6 Å². The number of hydrogen-bond donors (Lipinski definition) is 1. The van der Waals surface area contributed by atoms with Gasteiger partial charge in [0.1, 0.15) is 5.82 Å². The van der Waals surface area contributed by atoms with Gasteiger partial charge >= 0.3 is 0 Å². The summed E-state index contributed by atoms with van der Waals surface area (Å²) >= 11 is 14.3. The van der Waals surface area contributed by atoms with Gasteiger partial charge in [-0.3, -0.25) is 4.72 Å². The highest BCUT2D eigenvalue weighted by Crippen LogP contribution is 2.40. The molecule has 168 valence electrons. The molecule has 4 rings (SSSR count). The van der Waals surface area contributed by atoms with E-state index >= 15 is 0 Å². The lowest BCUT2D eigenvalue weighted by Crippen LogP contribution is -2.41. The van der Waals surface area contributed by atoms with Gasteiger partial charge in [-0.15, -0.1) is 0 Å². The molecule has 2 nitrogen and oxygen atoms in total. The highest BCUT2D eigenvalue weighted by molar-refractivity contribution is 7.97. The molecular formula is C26H27Cl2FN2S. The molecule has 1 aliphatic rings. The molecular weight excluding hydrogens is 462 g/mol. The van der Waals surface area contributed by atoms with Crippen molar-refractivity contribution < 1.29 is 4.39 Å². The first-order valence-electron chi connectivity index (χ1n) is 10.8. The van der Waals surface area contributed by atoms with E-state index in [1.807, 2.05) is 31.2 Å². The van der Waals surface area contributed by atoms with Gasteiger partial charge in [-0.1, -0.05) is 41.4 Å². The van der Waals surface area contributed by atoms with Crippen LogP contribution in [0.4, 0.5) is 10.1 Å². The smallest absolute Gasteiger partial charge is 0.124 e. The summed E-state index contributed by atoms with van der Waals surface area (Å²) < 4.78 is 17.1.